The number of nitrogen functional groups attached to an aromatic ring is 1. The summed E-state index contributed by atoms with van der Waals surface area (Å²) in [5.41, 5.74) is 7.53. The van der Waals surface area contributed by atoms with Crippen molar-refractivity contribution in [1.29, 1.82) is 0 Å². The van der Waals surface area contributed by atoms with Crippen LogP contribution in [-0.2, 0) is 10.0 Å². The lowest BCUT2D eigenvalue weighted by Gasteiger charge is -2.08. The van der Waals surface area contributed by atoms with E-state index < -0.39 is 10.0 Å². The fraction of sp³-hybridized carbons (Fsp3) is 0.0769. The zero-order chi connectivity index (χ0) is 13.2. The van der Waals surface area contributed by atoms with E-state index >= 15 is 0 Å². The minimum absolute atomic E-state index is 0.249. The van der Waals surface area contributed by atoms with Crippen LogP contribution in [0.1, 0.15) is 5.56 Å². The quantitative estimate of drug-likeness (QED) is 0.834. The molecule has 2 aromatic rings. The molecule has 0 amide bonds. The summed E-state index contributed by atoms with van der Waals surface area (Å²) in [5.74, 6) is 0. The highest BCUT2D eigenvalue weighted by atomic mass is 32.2. The van der Waals surface area contributed by atoms with Crippen molar-refractivity contribution in [1.82, 2.24) is 0 Å². The molecule has 0 aromatic heterocycles. The molecule has 0 fully saturated rings. The second-order valence-electron chi connectivity index (χ2n) is 4.04. The summed E-state index contributed by atoms with van der Waals surface area (Å²) < 4.78 is 26.7. The third-order valence-electron chi connectivity index (χ3n) is 2.46. The second kappa shape index (κ2) is 4.70. The van der Waals surface area contributed by atoms with Crippen LogP contribution >= 0.6 is 0 Å². The Morgan fingerprint density at radius 2 is 1.72 bits per heavy atom. The van der Waals surface area contributed by atoms with E-state index in [1.807, 2.05) is 13.0 Å². The van der Waals surface area contributed by atoms with Gasteiger partial charge in [0.1, 0.15) is 0 Å². The number of anilines is 2. The van der Waals surface area contributed by atoms with Crippen LogP contribution in [0.3, 0.4) is 0 Å². The van der Waals surface area contributed by atoms with E-state index in [9.17, 15) is 8.42 Å². The van der Waals surface area contributed by atoms with E-state index in [1.165, 1.54) is 0 Å². The van der Waals surface area contributed by atoms with Gasteiger partial charge >= 0.3 is 0 Å². The maximum atomic E-state index is 12.1. The molecule has 0 unspecified atom stereocenters. The van der Waals surface area contributed by atoms with Gasteiger partial charge in [-0.1, -0.05) is 12.1 Å². The fourth-order valence-corrected chi connectivity index (χ4v) is 2.71. The molecule has 0 saturated heterocycles. The van der Waals surface area contributed by atoms with Crippen molar-refractivity contribution in [3.63, 3.8) is 0 Å². The molecule has 0 heterocycles. The molecule has 0 aliphatic rings. The van der Waals surface area contributed by atoms with Crippen LogP contribution in [0, 0.1) is 6.92 Å². The largest absolute Gasteiger partial charge is 0.399 e. The predicted molar refractivity (Wildman–Crippen MR) is 72.8 cm³/mol. The molecule has 3 N–H and O–H groups in total. The lowest BCUT2D eigenvalue weighted by Crippen LogP contribution is -2.12. The third-order valence-corrected chi connectivity index (χ3v) is 3.84. The van der Waals surface area contributed by atoms with E-state index in [4.69, 9.17) is 5.73 Å². The minimum Gasteiger partial charge on any atom is -0.399 e. The summed E-state index contributed by atoms with van der Waals surface area (Å²) in [6, 6.07) is 13.3. The van der Waals surface area contributed by atoms with Crippen LogP contribution in [0.15, 0.2) is 53.4 Å². The van der Waals surface area contributed by atoms with Crippen molar-refractivity contribution in [2.75, 3.05) is 10.5 Å². The van der Waals surface area contributed by atoms with Crippen molar-refractivity contribution in [2.45, 2.75) is 11.8 Å². The van der Waals surface area contributed by atoms with Crippen LogP contribution in [0.5, 0.6) is 0 Å². The van der Waals surface area contributed by atoms with Gasteiger partial charge < -0.3 is 5.73 Å². The lowest BCUT2D eigenvalue weighted by atomic mass is 10.2. The van der Waals surface area contributed by atoms with Gasteiger partial charge in [-0.15, -0.1) is 0 Å². The number of aryl methyl sites for hydroxylation is 1. The Balaban J connectivity index is 2.30. The van der Waals surface area contributed by atoms with Crippen LogP contribution < -0.4 is 10.5 Å². The van der Waals surface area contributed by atoms with E-state index in [1.54, 1.807) is 42.5 Å². The van der Waals surface area contributed by atoms with Crippen molar-refractivity contribution < 1.29 is 8.42 Å². The average Bonchev–Trinajstić information content (AvgIpc) is 2.32. The topological polar surface area (TPSA) is 72.2 Å². The molecule has 0 saturated carbocycles. The monoisotopic (exact) mass is 262 g/mol. The Bertz CT molecular complexity index is 649. The summed E-state index contributed by atoms with van der Waals surface area (Å²) in [5, 5.41) is 0. The Morgan fingerprint density at radius 3 is 2.33 bits per heavy atom. The van der Waals surface area contributed by atoms with Gasteiger partial charge in [0.25, 0.3) is 10.0 Å². The summed E-state index contributed by atoms with van der Waals surface area (Å²) in [6.07, 6.45) is 0. The Hall–Kier alpha value is -2.01. The fourth-order valence-electron chi connectivity index (χ4n) is 1.55. The highest BCUT2D eigenvalue weighted by Gasteiger charge is 2.13. The molecule has 0 aliphatic heterocycles. The second-order valence-corrected chi connectivity index (χ2v) is 5.73. The maximum absolute atomic E-state index is 12.1. The first-order valence-corrected chi connectivity index (χ1v) is 6.91. The number of nitrogens with one attached hydrogen (secondary N) is 1. The number of nitrogens with two attached hydrogens (primary N) is 1. The summed E-state index contributed by atoms with van der Waals surface area (Å²) in [6.45, 7) is 1.85. The smallest absolute Gasteiger partial charge is 0.261 e. The van der Waals surface area contributed by atoms with Crippen molar-refractivity contribution in [3.05, 3.63) is 54.1 Å². The summed E-state index contributed by atoms with van der Waals surface area (Å²) >= 11 is 0. The van der Waals surface area contributed by atoms with Crippen molar-refractivity contribution in [2.24, 2.45) is 0 Å². The minimum atomic E-state index is -3.54. The van der Waals surface area contributed by atoms with E-state index in [2.05, 4.69) is 4.72 Å². The molecule has 0 aliphatic carbocycles. The van der Waals surface area contributed by atoms with E-state index in [-0.39, 0.29) is 4.90 Å². The first-order chi connectivity index (χ1) is 8.47. The number of sulfonamides is 1. The van der Waals surface area contributed by atoms with E-state index in [0.29, 0.717) is 11.4 Å². The third kappa shape index (κ3) is 2.81. The van der Waals surface area contributed by atoms with E-state index in [0.717, 1.165) is 5.56 Å². The van der Waals surface area contributed by atoms with Gasteiger partial charge in [-0.25, -0.2) is 8.42 Å². The average molecular weight is 262 g/mol. The zero-order valence-corrected chi connectivity index (χ0v) is 10.7. The first-order valence-electron chi connectivity index (χ1n) is 5.42. The molecule has 2 rings (SSSR count). The lowest BCUT2D eigenvalue weighted by molar-refractivity contribution is 0.601. The van der Waals surface area contributed by atoms with Crippen molar-refractivity contribution >= 4 is 21.4 Å². The normalized spacial score (nSPS) is 11.2. The molecule has 4 nitrogen and oxygen atoms in total. The summed E-state index contributed by atoms with van der Waals surface area (Å²) in [7, 11) is -3.54. The van der Waals surface area contributed by atoms with Gasteiger partial charge in [-0.05, 0) is 48.9 Å². The van der Waals surface area contributed by atoms with Crippen LogP contribution in [0.2, 0.25) is 0 Å². The molecular formula is C13H14N2O2S. The first kappa shape index (κ1) is 12.4. The molecule has 0 radical (unpaired) electrons. The van der Waals surface area contributed by atoms with Gasteiger partial charge in [0.15, 0.2) is 0 Å². The van der Waals surface area contributed by atoms with Crippen LogP contribution in [-0.4, -0.2) is 8.42 Å². The highest BCUT2D eigenvalue weighted by molar-refractivity contribution is 7.92. The number of hydrogen-bond acceptors (Lipinski definition) is 3. The Labute approximate surface area is 107 Å². The molecule has 94 valence electrons. The van der Waals surface area contributed by atoms with Gasteiger partial charge in [0, 0.05) is 11.4 Å². The molecule has 0 spiro atoms. The van der Waals surface area contributed by atoms with Crippen LogP contribution in [0.25, 0.3) is 0 Å². The molecule has 0 atom stereocenters. The molecule has 18 heavy (non-hydrogen) atoms. The van der Waals surface area contributed by atoms with Gasteiger partial charge in [-0.3, -0.25) is 4.72 Å². The number of hydrogen-bond donors (Lipinski definition) is 2. The number of benzene rings is 2. The maximum Gasteiger partial charge on any atom is 0.261 e. The summed E-state index contributed by atoms with van der Waals surface area (Å²) in [4.78, 5) is 0.249. The van der Waals surface area contributed by atoms with Gasteiger partial charge in [0.2, 0.25) is 0 Å². The molecule has 2 aromatic carbocycles. The number of rotatable bonds is 3. The molecule has 5 heteroatoms. The molecular weight excluding hydrogens is 248 g/mol. The SMILES string of the molecule is Cc1cccc(S(=O)(=O)Nc2ccc(N)cc2)c1. The van der Waals surface area contributed by atoms with Gasteiger partial charge in [0.05, 0.1) is 4.90 Å². The van der Waals surface area contributed by atoms with Crippen LogP contribution in [0.4, 0.5) is 11.4 Å². The Kier molecular flexibility index (Phi) is 3.25. The Morgan fingerprint density at radius 1 is 1.06 bits per heavy atom. The standard InChI is InChI=1S/C13H14N2O2S/c1-10-3-2-4-13(9-10)18(16,17)15-12-7-5-11(14)6-8-12/h2-9,15H,14H2,1H3. The zero-order valence-electron chi connectivity index (χ0n) is 9.92. The highest BCUT2D eigenvalue weighted by Crippen LogP contribution is 2.17. The van der Waals surface area contributed by atoms with Crippen molar-refractivity contribution in [3.8, 4) is 0 Å². The van der Waals surface area contributed by atoms with Gasteiger partial charge in [-0.2, -0.15) is 0 Å². The molecule has 0 bridgehead atoms. The predicted octanol–water partition coefficient (Wildman–Crippen LogP) is 2.38.